The summed E-state index contributed by atoms with van der Waals surface area (Å²) in [6.07, 6.45) is -0.770. The summed E-state index contributed by atoms with van der Waals surface area (Å²) in [7, 11) is 0. The molecule has 94 valence electrons. The third-order valence-electron chi connectivity index (χ3n) is 2.15. The van der Waals surface area contributed by atoms with Crippen LogP contribution in [0.5, 0.6) is 0 Å². The van der Waals surface area contributed by atoms with E-state index in [0.717, 1.165) is 11.8 Å². The zero-order chi connectivity index (χ0) is 12.8. The van der Waals surface area contributed by atoms with Crippen LogP contribution >= 0.6 is 11.8 Å². The van der Waals surface area contributed by atoms with Gasteiger partial charge in [0.05, 0.1) is 18.4 Å². The highest BCUT2D eigenvalue weighted by Crippen LogP contribution is 2.19. The van der Waals surface area contributed by atoms with Crippen LogP contribution in [0, 0.1) is 0 Å². The third kappa shape index (κ3) is 4.43. The highest BCUT2D eigenvalue weighted by molar-refractivity contribution is 8.13. The molecule has 2 unspecified atom stereocenters. The third-order valence-corrected chi connectivity index (χ3v) is 3.07. The van der Waals surface area contributed by atoms with E-state index in [4.69, 9.17) is 5.11 Å². The van der Waals surface area contributed by atoms with E-state index in [9.17, 15) is 15.0 Å². The summed E-state index contributed by atoms with van der Waals surface area (Å²) in [5.74, 6) is 0.113. The van der Waals surface area contributed by atoms with Gasteiger partial charge in [-0.15, -0.1) is 0 Å². The van der Waals surface area contributed by atoms with Gasteiger partial charge in [-0.1, -0.05) is 11.8 Å². The molecule has 1 aromatic rings. The average molecular weight is 257 g/mol. The molecule has 0 aromatic carbocycles. The molecule has 3 N–H and O–H groups in total. The molecule has 0 aliphatic heterocycles. The molecule has 1 aromatic heterocycles. The Labute approximate surface area is 104 Å². The molecule has 0 radical (unpaired) electrons. The molecule has 0 amide bonds. The molecule has 17 heavy (non-hydrogen) atoms. The van der Waals surface area contributed by atoms with Crippen molar-refractivity contribution < 1.29 is 20.1 Å². The molecule has 0 aliphatic carbocycles. The van der Waals surface area contributed by atoms with Gasteiger partial charge in [0.15, 0.2) is 5.12 Å². The molecular weight excluding hydrogens is 242 g/mol. The number of aliphatic hydroxyl groups is 3. The number of hydrogen-bond donors (Lipinski definition) is 3. The van der Waals surface area contributed by atoms with E-state index in [-0.39, 0.29) is 23.2 Å². The molecule has 1 rings (SSSR count). The van der Waals surface area contributed by atoms with Crippen LogP contribution in [-0.2, 0) is 11.4 Å². The zero-order valence-electron chi connectivity index (χ0n) is 9.41. The fraction of sp³-hybridized carbons (Fsp3) is 0.455. The number of hydrogen-bond acceptors (Lipinski definition) is 6. The monoisotopic (exact) mass is 257 g/mol. The molecule has 6 heteroatoms. The van der Waals surface area contributed by atoms with Gasteiger partial charge in [0.2, 0.25) is 0 Å². The predicted octanol–water partition coefficient (Wildman–Crippen LogP) is 0.248. The lowest BCUT2D eigenvalue weighted by atomic mass is 10.1. The first kappa shape index (κ1) is 14.1. The predicted molar refractivity (Wildman–Crippen MR) is 64.3 cm³/mol. The summed E-state index contributed by atoms with van der Waals surface area (Å²) < 4.78 is 0. The molecule has 0 fully saturated rings. The van der Waals surface area contributed by atoms with Gasteiger partial charge < -0.3 is 15.3 Å². The fourth-order valence-corrected chi connectivity index (χ4v) is 1.83. The first-order chi connectivity index (χ1) is 8.04. The Morgan fingerprint density at radius 3 is 2.82 bits per heavy atom. The minimum absolute atomic E-state index is 0.113. The minimum atomic E-state index is -1.16. The van der Waals surface area contributed by atoms with Gasteiger partial charge in [-0.2, -0.15) is 0 Å². The Balaban J connectivity index is 2.66. The number of carbonyl (C=O) groups is 1. The number of rotatable bonds is 5. The zero-order valence-corrected chi connectivity index (χ0v) is 10.2. The van der Waals surface area contributed by atoms with E-state index in [1.54, 1.807) is 6.07 Å². The highest BCUT2D eigenvalue weighted by atomic mass is 32.2. The molecule has 1 heterocycles. The number of nitrogens with zero attached hydrogens (tertiary/aromatic N) is 1. The topological polar surface area (TPSA) is 90.7 Å². The largest absolute Gasteiger partial charge is 0.392 e. The molecule has 0 spiro atoms. The highest BCUT2D eigenvalue weighted by Gasteiger charge is 2.20. The van der Waals surface area contributed by atoms with Crippen molar-refractivity contribution in [1.82, 2.24) is 4.98 Å². The molecular formula is C11H15NO4S. The molecule has 0 saturated carbocycles. The van der Waals surface area contributed by atoms with Gasteiger partial charge in [0.25, 0.3) is 0 Å². The lowest BCUT2D eigenvalue weighted by Crippen LogP contribution is -2.22. The normalized spacial score (nSPS) is 14.4. The van der Waals surface area contributed by atoms with Crippen molar-refractivity contribution >= 4 is 16.9 Å². The van der Waals surface area contributed by atoms with E-state index >= 15 is 0 Å². The Kier molecular flexibility index (Phi) is 5.57. The van der Waals surface area contributed by atoms with E-state index in [0.29, 0.717) is 5.56 Å². The molecule has 0 bridgehead atoms. The van der Waals surface area contributed by atoms with E-state index in [1.807, 2.05) is 0 Å². The van der Waals surface area contributed by atoms with Crippen LogP contribution in [0.25, 0.3) is 0 Å². The first-order valence-electron chi connectivity index (χ1n) is 5.09. The minimum Gasteiger partial charge on any atom is -0.392 e. The van der Waals surface area contributed by atoms with Gasteiger partial charge in [-0.05, 0) is 17.7 Å². The lowest BCUT2D eigenvalue weighted by Gasteiger charge is -2.16. The van der Waals surface area contributed by atoms with Crippen molar-refractivity contribution in [2.45, 2.75) is 25.7 Å². The van der Waals surface area contributed by atoms with Crippen LogP contribution in [0.3, 0.4) is 0 Å². The van der Waals surface area contributed by atoms with Gasteiger partial charge in [-0.25, -0.2) is 0 Å². The maximum atomic E-state index is 10.7. The van der Waals surface area contributed by atoms with Crippen LogP contribution in [0.2, 0.25) is 0 Å². The molecule has 0 aliphatic rings. The average Bonchev–Trinajstić information content (AvgIpc) is 2.35. The number of aromatic nitrogens is 1. The molecule has 2 atom stereocenters. The Morgan fingerprint density at radius 1 is 1.53 bits per heavy atom. The Bertz CT molecular complexity index is 385. The van der Waals surface area contributed by atoms with Crippen molar-refractivity contribution in [2.75, 3.05) is 5.75 Å². The standard InChI is InChI=1S/C11H15NO4S/c1-7(14)17-6-10(15)11(16)9-4-8(5-13)2-3-12-9/h2-4,10-11,13,15-16H,5-6H2,1H3. The SMILES string of the molecule is CC(=O)SCC(O)C(O)c1cc(CO)ccn1. The number of thioether (sulfide) groups is 1. The van der Waals surface area contributed by atoms with Crippen LogP contribution in [-0.4, -0.2) is 37.3 Å². The van der Waals surface area contributed by atoms with Gasteiger partial charge in [0, 0.05) is 18.9 Å². The fourth-order valence-electron chi connectivity index (χ4n) is 1.25. The van der Waals surface area contributed by atoms with Gasteiger partial charge >= 0.3 is 0 Å². The maximum Gasteiger partial charge on any atom is 0.185 e. The van der Waals surface area contributed by atoms with Crippen molar-refractivity contribution in [2.24, 2.45) is 0 Å². The molecule has 5 nitrogen and oxygen atoms in total. The van der Waals surface area contributed by atoms with Crippen molar-refractivity contribution in [1.29, 1.82) is 0 Å². The Hall–Kier alpha value is -0.950. The number of aliphatic hydroxyl groups excluding tert-OH is 3. The summed E-state index contributed by atoms with van der Waals surface area (Å²) in [5, 5.41) is 28.3. The summed E-state index contributed by atoms with van der Waals surface area (Å²) in [5.41, 5.74) is 0.897. The first-order valence-corrected chi connectivity index (χ1v) is 6.08. The van der Waals surface area contributed by atoms with E-state index < -0.39 is 12.2 Å². The van der Waals surface area contributed by atoms with E-state index in [1.165, 1.54) is 19.2 Å². The number of carbonyl (C=O) groups excluding carboxylic acids is 1. The Morgan fingerprint density at radius 2 is 2.24 bits per heavy atom. The van der Waals surface area contributed by atoms with Crippen LogP contribution in [0.1, 0.15) is 24.3 Å². The maximum absolute atomic E-state index is 10.7. The van der Waals surface area contributed by atoms with Crippen molar-refractivity contribution in [3.05, 3.63) is 29.6 Å². The van der Waals surface area contributed by atoms with Gasteiger partial charge in [0.1, 0.15) is 6.10 Å². The lowest BCUT2D eigenvalue weighted by molar-refractivity contribution is -0.109. The van der Waals surface area contributed by atoms with Crippen molar-refractivity contribution in [3.8, 4) is 0 Å². The van der Waals surface area contributed by atoms with Crippen LogP contribution < -0.4 is 0 Å². The second kappa shape index (κ2) is 6.70. The van der Waals surface area contributed by atoms with Crippen molar-refractivity contribution in [3.63, 3.8) is 0 Å². The summed E-state index contributed by atoms with van der Waals surface area (Å²) in [6.45, 7) is 1.24. The van der Waals surface area contributed by atoms with Gasteiger partial charge in [-0.3, -0.25) is 9.78 Å². The summed E-state index contributed by atoms with van der Waals surface area (Å²) in [4.78, 5) is 14.6. The smallest absolute Gasteiger partial charge is 0.185 e. The molecule has 0 saturated heterocycles. The van der Waals surface area contributed by atoms with Crippen LogP contribution in [0.4, 0.5) is 0 Å². The number of pyridine rings is 1. The van der Waals surface area contributed by atoms with Crippen LogP contribution in [0.15, 0.2) is 18.3 Å². The van der Waals surface area contributed by atoms with E-state index in [2.05, 4.69) is 4.98 Å². The second-order valence-electron chi connectivity index (χ2n) is 3.56. The quantitative estimate of drug-likeness (QED) is 0.700. The summed E-state index contributed by atoms with van der Waals surface area (Å²) in [6, 6.07) is 3.14. The summed E-state index contributed by atoms with van der Waals surface area (Å²) >= 11 is 0.946. The second-order valence-corrected chi connectivity index (χ2v) is 4.76.